The molecule has 0 aromatic rings. The third kappa shape index (κ3) is 7.77. The van der Waals surface area contributed by atoms with E-state index in [1.165, 1.54) is 0 Å². The molecule has 0 aliphatic heterocycles. The first-order valence-electron chi connectivity index (χ1n) is 3.27. The highest BCUT2D eigenvalue weighted by atomic mass is 35.5. The van der Waals surface area contributed by atoms with Crippen LogP contribution in [-0.4, -0.2) is 5.88 Å². The van der Waals surface area contributed by atoms with E-state index >= 15 is 0 Å². The first-order valence-corrected chi connectivity index (χ1v) is 3.81. The quantitative estimate of drug-likeness (QED) is 0.420. The average Bonchev–Trinajstić information content (AvgIpc) is 1.89. The zero-order valence-electron chi connectivity index (χ0n) is 5.81. The van der Waals surface area contributed by atoms with Crippen LogP contribution in [0, 0.1) is 0 Å². The molecule has 52 valence electrons. The van der Waals surface area contributed by atoms with Crippen LogP contribution in [0.3, 0.4) is 0 Å². The highest BCUT2D eigenvalue weighted by molar-refractivity contribution is 6.18. The van der Waals surface area contributed by atoms with Crippen molar-refractivity contribution >= 4 is 11.6 Å². The number of allylic oxidation sites excluding steroid dienone is 4. The van der Waals surface area contributed by atoms with Gasteiger partial charge in [0.2, 0.25) is 0 Å². The molecule has 1 heteroatoms. The Morgan fingerprint density at radius 2 is 1.78 bits per heavy atom. The lowest BCUT2D eigenvalue weighted by Crippen LogP contribution is -1.61. The summed E-state index contributed by atoms with van der Waals surface area (Å²) in [6.07, 6.45) is 10.5. The Bertz CT molecular complexity index is 80.7. The van der Waals surface area contributed by atoms with E-state index in [-0.39, 0.29) is 0 Å². The Morgan fingerprint density at radius 1 is 1.11 bits per heavy atom. The zero-order chi connectivity index (χ0) is 6.95. The zero-order valence-corrected chi connectivity index (χ0v) is 6.56. The van der Waals surface area contributed by atoms with Crippen molar-refractivity contribution in [2.24, 2.45) is 0 Å². The predicted molar refractivity (Wildman–Crippen MR) is 43.9 cm³/mol. The molecular weight excluding hydrogens is 132 g/mol. The van der Waals surface area contributed by atoms with E-state index in [0.717, 1.165) is 12.8 Å². The van der Waals surface area contributed by atoms with Crippen LogP contribution in [-0.2, 0) is 0 Å². The van der Waals surface area contributed by atoms with E-state index in [1.807, 2.05) is 6.08 Å². The van der Waals surface area contributed by atoms with Crippen LogP contribution in [0.15, 0.2) is 24.3 Å². The minimum absolute atomic E-state index is 0.625. The van der Waals surface area contributed by atoms with Crippen LogP contribution >= 0.6 is 11.6 Å². The highest BCUT2D eigenvalue weighted by Gasteiger charge is 1.68. The fraction of sp³-hybridized carbons (Fsp3) is 0.500. The first-order chi connectivity index (χ1) is 4.41. The SMILES string of the molecule is CCC=CCC=CCCl. The van der Waals surface area contributed by atoms with Crippen molar-refractivity contribution in [2.75, 3.05) is 5.88 Å². The Balaban J connectivity index is 3.08. The molecular formula is C8H13Cl. The molecule has 0 rings (SSSR count). The highest BCUT2D eigenvalue weighted by Crippen LogP contribution is 1.88. The van der Waals surface area contributed by atoms with Crippen molar-refractivity contribution in [3.05, 3.63) is 24.3 Å². The molecule has 0 aromatic carbocycles. The molecule has 0 amide bonds. The van der Waals surface area contributed by atoms with Gasteiger partial charge in [-0.25, -0.2) is 0 Å². The number of alkyl halides is 1. The molecule has 0 atom stereocenters. The summed E-state index contributed by atoms with van der Waals surface area (Å²) in [6.45, 7) is 2.13. The van der Waals surface area contributed by atoms with E-state index in [0.29, 0.717) is 5.88 Å². The third-order valence-electron chi connectivity index (χ3n) is 0.930. The van der Waals surface area contributed by atoms with E-state index in [4.69, 9.17) is 11.6 Å². The van der Waals surface area contributed by atoms with Gasteiger partial charge >= 0.3 is 0 Å². The third-order valence-corrected chi connectivity index (χ3v) is 1.11. The topological polar surface area (TPSA) is 0 Å². The molecule has 0 saturated heterocycles. The molecule has 0 unspecified atom stereocenters. The summed E-state index contributed by atoms with van der Waals surface area (Å²) in [5.41, 5.74) is 0. The van der Waals surface area contributed by atoms with Crippen molar-refractivity contribution in [3.8, 4) is 0 Å². The van der Waals surface area contributed by atoms with Crippen LogP contribution in [0.1, 0.15) is 19.8 Å². The van der Waals surface area contributed by atoms with Gasteiger partial charge < -0.3 is 0 Å². The maximum Gasteiger partial charge on any atom is 0.0404 e. The van der Waals surface area contributed by atoms with Gasteiger partial charge in [0, 0.05) is 5.88 Å². The molecule has 0 bridgehead atoms. The van der Waals surface area contributed by atoms with Gasteiger partial charge in [0.05, 0.1) is 0 Å². The van der Waals surface area contributed by atoms with Gasteiger partial charge in [-0.3, -0.25) is 0 Å². The van der Waals surface area contributed by atoms with Gasteiger partial charge in [-0.1, -0.05) is 31.2 Å². The summed E-state index contributed by atoms with van der Waals surface area (Å²) < 4.78 is 0. The molecule has 0 saturated carbocycles. The molecule has 0 heterocycles. The van der Waals surface area contributed by atoms with Gasteiger partial charge in [-0.15, -0.1) is 11.6 Å². The lowest BCUT2D eigenvalue weighted by Gasteiger charge is -1.79. The second-order valence-corrected chi connectivity index (χ2v) is 2.05. The van der Waals surface area contributed by atoms with Crippen LogP contribution in [0.25, 0.3) is 0 Å². The summed E-state index contributed by atoms with van der Waals surface area (Å²) in [5.74, 6) is 0.625. The van der Waals surface area contributed by atoms with Crippen LogP contribution in [0.4, 0.5) is 0 Å². The lowest BCUT2D eigenvalue weighted by atomic mass is 10.3. The maximum atomic E-state index is 5.40. The van der Waals surface area contributed by atoms with Gasteiger partial charge in [-0.05, 0) is 12.8 Å². The first kappa shape index (κ1) is 8.77. The molecule has 0 nitrogen and oxygen atoms in total. The van der Waals surface area contributed by atoms with Crippen LogP contribution in [0.5, 0.6) is 0 Å². The molecule has 0 aliphatic carbocycles. The Labute approximate surface area is 62.2 Å². The minimum atomic E-state index is 0.625. The molecule has 0 fully saturated rings. The Kier molecular flexibility index (Phi) is 7.57. The second-order valence-electron chi connectivity index (χ2n) is 1.74. The summed E-state index contributed by atoms with van der Waals surface area (Å²) in [4.78, 5) is 0. The monoisotopic (exact) mass is 144 g/mol. The van der Waals surface area contributed by atoms with Crippen molar-refractivity contribution in [1.29, 1.82) is 0 Å². The molecule has 0 aromatic heterocycles. The lowest BCUT2D eigenvalue weighted by molar-refractivity contribution is 1.20. The normalized spacial score (nSPS) is 11.8. The fourth-order valence-electron chi connectivity index (χ4n) is 0.501. The maximum absolute atomic E-state index is 5.40. The average molecular weight is 145 g/mol. The second kappa shape index (κ2) is 7.77. The van der Waals surface area contributed by atoms with Gasteiger partial charge in [0.15, 0.2) is 0 Å². The molecule has 9 heavy (non-hydrogen) atoms. The summed E-state index contributed by atoms with van der Waals surface area (Å²) >= 11 is 5.40. The van der Waals surface area contributed by atoms with Crippen molar-refractivity contribution in [1.82, 2.24) is 0 Å². The van der Waals surface area contributed by atoms with Crippen molar-refractivity contribution < 1.29 is 0 Å². The number of rotatable bonds is 4. The van der Waals surface area contributed by atoms with Crippen molar-refractivity contribution in [3.63, 3.8) is 0 Å². The fourth-order valence-corrected chi connectivity index (χ4v) is 0.627. The molecule has 0 radical (unpaired) electrons. The van der Waals surface area contributed by atoms with E-state index in [2.05, 4.69) is 25.2 Å². The minimum Gasteiger partial charge on any atom is -0.122 e. The van der Waals surface area contributed by atoms with Crippen molar-refractivity contribution in [2.45, 2.75) is 19.8 Å². The number of hydrogen-bond acceptors (Lipinski definition) is 0. The van der Waals surface area contributed by atoms with Gasteiger partial charge in [0.25, 0.3) is 0 Å². The largest absolute Gasteiger partial charge is 0.122 e. The van der Waals surface area contributed by atoms with E-state index in [9.17, 15) is 0 Å². The summed E-state index contributed by atoms with van der Waals surface area (Å²) in [7, 11) is 0. The molecule has 0 aliphatic rings. The Morgan fingerprint density at radius 3 is 2.33 bits per heavy atom. The number of hydrogen-bond donors (Lipinski definition) is 0. The van der Waals surface area contributed by atoms with E-state index < -0.39 is 0 Å². The van der Waals surface area contributed by atoms with Gasteiger partial charge in [0.1, 0.15) is 0 Å². The summed E-state index contributed by atoms with van der Waals surface area (Å²) in [6, 6.07) is 0. The van der Waals surface area contributed by atoms with E-state index in [1.54, 1.807) is 0 Å². The summed E-state index contributed by atoms with van der Waals surface area (Å²) in [5, 5.41) is 0. The number of halogens is 1. The van der Waals surface area contributed by atoms with Crippen LogP contribution in [0.2, 0.25) is 0 Å². The van der Waals surface area contributed by atoms with Gasteiger partial charge in [-0.2, -0.15) is 0 Å². The Hall–Kier alpha value is -0.230. The van der Waals surface area contributed by atoms with Crippen LogP contribution < -0.4 is 0 Å². The molecule has 0 N–H and O–H groups in total. The molecule has 0 spiro atoms. The predicted octanol–water partition coefficient (Wildman–Crippen LogP) is 3.14. The smallest absolute Gasteiger partial charge is 0.0404 e. The standard InChI is InChI=1S/C8H13Cl/c1-2-3-4-5-6-7-8-9/h3-4,6-7H,2,5,8H2,1H3.